The molecule has 5 aliphatic carbocycles. The molecule has 4 nitrogen and oxygen atoms in total. The fraction of sp³-hybridized carbons (Fsp3) is 0.967. The van der Waals surface area contributed by atoms with Crippen molar-refractivity contribution in [3.63, 3.8) is 0 Å². The van der Waals surface area contributed by atoms with Gasteiger partial charge in [-0.3, -0.25) is 0 Å². The first-order valence-corrected chi connectivity index (χ1v) is 14.3. The molecule has 0 aromatic rings. The normalized spacial score (nSPS) is 58.2. The third-order valence-electron chi connectivity index (χ3n) is 13.8. The number of oxime groups is 1. The lowest BCUT2D eigenvalue weighted by Crippen LogP contribution is -2.68. The highest BCUT2D eigenvalue weighted by molar-refractivity contribution is 5.90. The number of nitrogens with zero attached hydrogens (tertiary/aromatic N) is 1. The van der Waals surface area contributed by atoms with Crippen LogP contribution in [0.3, 0.4) is 0 Å². The van der Waals surface area contributed by atoms with Crippen LogP contribution >= 0.6 is 0 Å². The van der Waals surface area contributed by atoms with Crippen LogP contribution in [0.2, 0.25) is 0 Å². The molecule has 5 fully saturated rings. The first-order valence-electron chi connectivity index (χ1n) is 14.3. The maximum Gasteiger partial charge on any atom is 0.103 e. The zero-order valence-electron chi connectivity index (χ0n) is 22.9. The third kappa shape index (κ3) is 2.88. The van der Waals surface area contributed by atoms with Crippen LogP contribution in [0.4, 0.5) is 0 Å². The molecule has 0 heterocycles. The zero-order valence-corrected chi connectivity index (χ0v) is 22.9. The van der Waals surface area contributed by atoms with Gasteiger partial charge in [-0.1, -0.05) is 53.6 Å². The van der Waals surface area contributed by atoms with Gasteiger partial charge < -0.3 is 15.4 Å². The van der Waals surface area contributed by atoms with Crippen molar-refractivity contribution in [3.8, 4) is 0 Å². The van der Waals surface area contributed by atoms with E-state index >= 15 is 0 Å². The predicted molar refractivity (Wildman–Crippen MR) is 137 cm³/mol. The summed E-state index contributed by atoms with van der Waals surface area (Å²) in [6.07, 6.45) is 10.1. The second-order valence-electron chi connectivity index (χ2n) is 15.1. The molecule has 0 radical (unpaired) electrons. The van der Waals surface area contributed by atoms with Crippen LogP contribution in [0.1, 0.15) is 106 Å². The minimum atomic E-state index is -0.863. The summed E-state index contributed by atoms with van der Waals surface area (Å²) in [4.78, 5) is 0. The number of hydrogen-bond acceptors (Lipinski definition) is 4. The standard InChI is InChI=1S/C30H51NO3/c1-18(2)19-10-12-26(3)14-15-29(6)20(24(19)26)8-9-23-27(4)16-21(31-34)25(33)28(5,17-32)22(27)11-13-30(23,29)7/h18-20,22-25,32-34H,8-17H2,1-7H3/b31-21+/t19-,20?,22?,23?,24?,25?,26-,27-,28?,29-,30-/m1/s1. The molecule has 0 aromatic carbocycles. The van der Waals surface area contributed by atoms with E-state index < -0.39 is 11.5 Å². The van der Waals surface area contributed by atoms with Gasteiger partial charge in [0.15, 0.2) is 0 Å². The topological polar surface area (TPSA) is 73.1 Å². The highest BCUT2D eigenvalue weighted by Gasteiger charge is 2.71. The largest absolute Gasteiger partial charge is 0.411 e. The first kappa shape index (κ1) is 25.1. The summed E-state index contributed by atoms with van der Waals surface area (Å²) < 4.78 is 0. The molecular weight excluding hydrogens is 422 g/mol. The lowest BCUT2D eigenvalue weighted by atomic mass is 9.32. The van der Waals surface area contributed by atoms with Crippen LogP contribution in [0.5, 0.6) is 0 Å². The molecule has 34 heavy (non-hydrogen) atoms. The minimum Gasteiger partial charge on any atom is -0.411 e. The molecular formula is C30H51NO3. The van der Waals surface area contributed by atoms with E-state index in [1.807, 2.05) is 6.92 Å². The molecule has 6 unspecified atom stereocenters. The van der Waals surface area contributed by atoms with Gasteiger partial charge in [-0.25, -0.2) is 0 Å². The van der Waals surface area contributed by atoms with Crippen molar-refractivity contribution in [2.75, 3.05) is 6.61 Å². The van der Waals surface area contributed by atoms with Crippen LogP contribution < -0.4 is 0 Å². The molecule has 3 N–H and O–H groups in total. The van der Waals surface area contributed by atoms with Crippen LogP contribution in [0.15, 0.2) is 5.16 Å². The number of fused-ring (bicyclic) bond motifs is 7. The molecule has 4 heteroatoms. The molecule has 0 aliphatic heterocycles. The fourth-order valence-corrected chi connectivity index (χ4v) is 11.8. The minimum absolute atomic E-state index is 0.0622. The average Bonchev–Trinajstić information content (AvgIpc) is 3.14. The van der Waals surface area contributed by atoms with Gasteiger partial charge in [0, 0.05) is 5.41 Å². The summed E-state index contributed by atoms with van der Waals surface area (Å²) in [6, 6.07) is 0. The van der Waals surface area contributed by atoms with Crippen molar-refractivity contribution in [2.45, 2.75) is 112 Å². The van der Waals surface area contributed by atoms with E-state index in [0.29, 0.717) is 28.9 Å². The SMILES string of the molecule is CC(C)[C@H]1CC[C@]2(C)CC[C@]3(C)C(CCC4[C@]5(C)C/C(=N\O)C(O)C(C)(CO)C5CC[C@]43C)C12. The average molecular weight is 474 g/mol. The molecule has 0 bridgehead atoms. The monoisotopic (exact) mass is 473 g/mol. The summed E-state index contributed by atoms with van der Waals surface area (Å²) in [5.74, 6) is 4.04. The summed E-state index contributed by atoms with van der Waals surface area (Å²) >= 11 is 0. The molecule has 5 saturated carbocycles. The molecule has 11 atom stereocenters. The molecule has 0 amide bonds. The summed E-state index contributed by atoms with van der Waals surface area (Å²) in [7, 11) is 0. The Kier molecular flexibility index (Phi) is 5.67. The van der Waals surface area contributed by atoms with E-state index in [0.717, 1.165) is 30.1 Å². The number of aliphatic hydroxyl groups excluding tert-OH is 2. The van der Waals surface area contributed by atoms with E-state index in [4.69, 9.17) is 0 Å². The zero-order chi connectivity index (χ0) is 24.9. The molecule has 5 aliphatic rings. The Morgan fingerprint density at radius 3 is 2.21 bits per heavy atom. The van der Waals surface area contributed by atoms with E-state index in [-0.39, 0.29) is 23.4 Å². The molecule has 0 aromatic heterocycles. The Bertz CT molecular complexity index is 856. The van der Waals surface area contributed by atoms with E-state index in [9.17, 15) is 15.4 Å². The fourth-order valence-electron chi connectivity index (χ4n) is 11.8. The second-order valence-corrected chi connectivity index (χ2v) is 15.1. The van der Waals surface area contributed by atoms with Crippen molar-refractivity contribution in [3.05, 3.63) is 0 Å². The summed E-state index contributed by atoms with van der Waals surface area (Å²) in [6.45, 7) is 17.2. The van der Waals surface area contributed by atoms with E-state index in [2.05, 4.69) is 46.7 Å². The van der Waals surface area contributed by atoms with Gasteiger partial charge in [0.2, 0.25) is 0 Å². The Morgan fingerprint density at radius 1 is 0.882 bits per heavy atom. The first-order chi connectivity index (χ1) is 15.8. The third-order valence-corrected chi connectivity index (χ3v) is 13.8. The van der Waals surface area contributed by atoms with Gasteiger partial charge in [0.1, 0.15) is 6.10 Å². The van der Waals surface area contributed by atoms with E-state index in [1.165, 1.54) is 44.9 Å². The van der Waals surface area contributed by atoms with Gasteiger partial charge in [0.25, 0.3) is 0 Å². The van der Waals surface area contributed by atoms with Gasteiger partial charge in [-0.2, -0.15) is 0 Å². The van der Waals surface area contributed by atoms with Crippen molar-refractivity contribution in [1.29, 1.82) is 0 Å². The van der Waals surface area contributed by atoms with Gasteiger partial charge >= 0.3 is 0 Å². The van der Waals surface area contributed by atoms with Crippen molar-refractivity contribution in [2.24, 2.45) is 67.7 Å². The Morgan fingerprint density at radius 2 is 1.59 bits per heavy atom. The van der Waals surface area contributed by atoms with Crippen molar-refractivity contribution < 1.29 is 15.4 Å². The van der Waals surface area contributed by atoms with Crippen molar-refractivity contribution >= 4 is 5.71 Å². The Labute approximate surface area is 208 Å². The van der Waals surface area contributed by atoms with Crippen LogP contribution in [-0.4, -0.2) is 33.8 Å². The highest BCUT2D eigenvalue weighted by Crippen LogP contribution is 2.77. The maximum atomic E-state index is 11.1. The van der Waals surface area contributed by atoms with Crippen LogP contribution in [-0.2, 0) is 0 Å². The van der Waals surface area contributed by atoms with Crippen LogP contribution in [0.25, 0.3) is 0 Å². The summed E-state index contributed by atoms with van der Waals surface area (Å²) in [5.41, 5.74) is 0.864. The van der Waals surface area contributed by atoms with Gasteiger partial charge in [0.05, 0.1) is 12.3 Å². The van der Waals surface area contributed by atoms with Gasteiger partial charge in [-0.15, -0.1) is 0 Å². The van der Waals surface area contributed by atoms with Crippen molar-refractivity contribution in [1.82, 2.24) is 0 Å². The predicted octanol–water partition coefficient (Wildman–Crippen LogP) is 6.52. The quantitative estimate of drug-likeness (QED) is 0.316. The maximum absolute atomic E-state index is 11.1. The van der Waals surface area contributed by atoms with E-state index in [1.54, 1.807) is 0 Å². The molecule has 0 saturated heterocycles. The Balaban J connectivity index is 1.57. The number of aliphatic hydroxyl groups is 2. The molecule has 194 valence electrons. The smallest absolute Gasteiger partial charge is 0.103 e. The van der Waals surface area contributed by atoms with Gasteiger partial charge in [-0.05, 0) is 115 Å². The molecule has 0 spiro atoms. The number of hydrogen-bond donors (Lipinski definition) is 3. The Hall–Kier alpha value is -0.610. The molecule has 5 rings (SSSR count). The summed E-state index contributed by atoms with van der Waals surface area (Å²) in [5, 5.41) is 35.1. The number of rotatable bonds is 2. The lowest BCUT2D eigenvalue weighted by molar-refractivity contribution is -0.240. The van der Waals surface area contributed by atoms with Crippen LogP contribution in [0, 0.1) is 62.6 Å². The lowest BCUT2D eigenvalue weighted by Gasteiger charge is -2.73. The second kappa shape index (κ2) is 7.70. The highest BCUT2D eigenvalue weighted by atomic mass is 16.4.